The quantitative estimate of drug-likeness (QED) is 0.804. The molecule has 1 aromatic heterocycles. The van der Waals surface area contributed by atoms with E-state index in [0.29, 0.717) is 12.5 Å². The summed E-state index contributed by atoms with van der Waals surface area (Å²) in [5, 5.41) is 2.93. The van der Waals surface area contributed by atoms with Crippen LogP contribution in [-0.4, -0.2) is 36.3 Å². The van der Waals surface area contributed by atoms with Crippen LogP contribution in [0.2, 0.25) is 0 Å². The molecular formula is C10H15N3O2. The highest BCUT2D eigenvalue weighted by atomic mass is 16.5. The van der Waals surface area contributed by atoms with Crippen LogP contribution in [0.3, 0.4) is 0 Å². The van der Waals surface area contributed by atoms with Crippen LogP contribution in [0.5, 0.6) is 5.88 Å². The predicted molar refractivity (Wildman–Crippen MR) is 56.0 cm³/mol. The summed E-state index contributed by atoms with van der Waals surface area (Å²) in [4.78, 5) is 8.02. The normalized spacial score (nSPS) is 20.2. The molecule has 0 radical (unpaired) electrons. The van der Waals surface area contributed by atoms with Crippen LogP contribution in [0, 0.1) is 0 Å². The Kier molecular flexibility index (Phi) is 3.34. The molecule has 82 valence electrons. The van der Waals surface area contributed by atoms with Gasteiger partial charge in [0.2, 0.25) is 5.88 Å². The number of rotatable bonds is 4. The van der Waals surface area contributed by atoms with Gasteiger partial charge >= 0.3 is 0 Å². The molecule has 0 aliphatic carbocycles. The minimum absolute atomic E-state index is 0.220. The summed E-state index contributed by atoms with van der Waals surface area (Å²) in [6.45, 7) is 1.42. The van der Waals surface area contributed by atoms with E-state index in [1.165, 1.54) is 6.33 Å². The number of hydrogen-bond acceptors (Lipinski definition) is 5. The van der Waals surface area contributed by atoms with E-state index in [2.05, 4.69) is 15.3 Å². The summed E-state index contributed by atoms with van der Waals surface area (Å²) in [5.41, 5.74) is 0. The third-order valence-corrected chi connectivity index (χ3v) is 2.34. The van der Waals surface area contributed by atoms with Crippen molar-refractivity contribution in [1.82, 2.24) is 9.97 Å². The van der Waals surface area contributed by atoms with Crippen molar-refractivity contribution in [1.29, 1.82) is 0 Å². The lowest BCUT2D eigenvalue weighted by Gasteiger charge is -2.10. The molecule has 0 spiro atoms. The minimum Gasteiger partial charge on any atom is -0.475 e. The average Bonchev–Trinajstić information content (AvgIpc) is 2.79. The van der Waals surface area contributed by atoms with Gasteiger partial charge < -0.3 is 14.8 Å². The SMILES string of the molecule is CNc1cc(OCC2CCCO2)ncn1. The molecule has 1 aromatic rings. The van der Waals surface area contributed by atoms with Gasteiger partial charge in [-0.1, -0.05) is 0 Å². The van der Waals surface area contributed by atoms with E-state index < -0.39 is 0 Å². The minimum atomic E-state index is 0.220. The summed E-state index contributed by atoms with van der Waals surface area (Å²) in [6.07, 6.45) is 3.90. The van der Waals surface area contributed by atoms with E-state index in [1.807, 2.05) is 7.05 Å². The van der Waals surface area contributed by atoms with Crippen molar-refractivity contribution in [2.24, 2.45) is 0 Å². The first-order valence-corrected chi connectivity index (χ1v) is 5.12. The zero-order valence-corrected chi connectivity index (χ0v) is 8.77. The number of ether oxygens (including phenoxy) is 2. The van der Waals surface area contributed by atoms with Crippen molar-refractivity contribution >= 4 is 5.82 Å². The van der Waals surface area contributed by atoms with Crippen LogP contribution < -0.4 is 10.1 Å². The maximum absolute atomic E-state index is 5.52. The zero-order valence-electron chi connectivity index (χ0n) is 8.77. The standard InChI is InChI=1S/C10H15N3O2/c1-11-9-5-10(13-7-12-9)15-6-8-3-2-4-14-8/h5,7-8H,2-4,6H2,1H3,(H,11,12,13). The number of nitrogens with zero attached hydrogens (tertiary/aromatic N) is 2. The smallest absolute Gasteiger partial charge is 0.218 e. The van der Waals surface area contributed by atoms with Gasteiger partial charge in [-0.15, -0.1) is 0 Å². The van der Waals surface area contributed by atoms with Crippen molar-refractivity contribution in [2.75, 3.05) is 25.6 Å². The first-order valence-electron chi connectivity index (χ1n) is 5.12. The van der Waals surface area contributed by atoms with Gasteiger partial charge in [-0.3, -0.25) is 0 Å². The Balaban J connectivity index is 1.86. The monoisotopic (exact) mass is 209 g/mol. The fraction of sp³-hybridized carbons (Fsp3) is 0.600. The lowest BCUT2D eigenvalue weighted by Crippen LogP contribution is -2.16. The molecular weight excluding hydrogens is 194 g/mol. The van der Waals surface area contributed by atoms with Crippen LogP contribution in [0.15, 0.2) is 12.4 Å². The van der Waals surface area contributed by atoms with Gasteiger partial charge in [-0.25, -0.2) is 9.97 Å². The Morgan fingerprint density at radius 3 is 3.27 bits per heavy atom. The van der Waals surface area contributed by atoms with Crippen LogP contribution in [0.4, 0.5) is 5.82 Å². The van der Waals surface area contributed by atoms with Crippen LogP contribution >= 0.6 is 0 Å². The second kappa shape index (κ2) is 4.93. The highest BCUT2D eigenvalue weighted by Crippen LogP contribution is 2.15. The molecule has 0 saturated carbocycles. The fourth-order valence-corrected chi connectivity index (χ4v) is 1.51. The molecule has 1 aliphatic rings. The van der Waals surface area contributed by atoms with E-state index >= 15 is 0 Å². The molecule has 1 N–H and O–H groups in total. The molecule has 1 fully saturated rings. The fourth-order valence-electron chi connectivity index (χ4n) is 1.51. The van der Waals surface area contributed by atoms with Gasteiger partial charge in [0.15, 0.2) is 0 Å². The van der Waals surface area contributed by atoms with Gasteiger partial charge in [0.05, 0.1) is 6.10 Å². The highest BCUT2D eigenvalue weighted by molar-refractivity contribution is 5.35. The van der Waals surface area contributed by atoms with Crippen molar-refractivity contribution in [3.8, 4) is 5.88 Å². The van der Waals surface area contributed by atoms with E-state index in [9.17, 15) is 0 Å². The Morgan fingerprint density at radius 1 is 1.60 bits per heavy atom. The molecule has 1 unspecified atom stereocenters. The second-order valence-electron chi connectivity index (χ2n) is 3.44. The zero-order chi connectivity index (χ0) is 10.5. The predicted octanol–water partition coefficient (Wildman–Crippen LogP) is 1.08. The largest absolute Gasteiger partial charge is 0.475 e. The van der Waals surface area contributed by atoms with Crippen molar-refractivity contribution in [2.45, 2.75) is 18.9 Å². The lowest BCUT2D eigenvalue weighted by molar-refractivity contribution is 0.0663. The maximum Gasteiger partial charge on any atom is 0.218 e. The van der Waals surface area contributed by atoms with Crippen LogP contribution in [0.1, 0.15) is 12.8 Å². The number of aromatic nitrogens is 2. The third kappa shape index (κ3) is 2.79. The summed E-state index contributed by atoms with van der Waals surface area (Å²) in [7, 11) is 1.81. The Bertz CT molecular complexity index is 313. The molecule has 1 aliphatic heterocycles. The van der Waals surface area contributed by atoms with Crippen LogP contribution in [0.25, 0.3) is 0 Å². The molecule has 15 heavy (non-hydrogen) atoms. The van der Waals surface area contributed by atoms with Gasteiger partial charge in [0, 0.05) is 19.7 Å². The molecule has 0 aromatic carbocycles. The molecule has 1 saturated heterocycles. The number of nitrogens with one attached hydrogen (secondary N) is 1. The molecule has 2 rings (SSSR count). The van der Waals surface area contributed by atoms with Gasteiger partial charge in [0.1, 0.15) is 18.8 Å². The molecule has 2 heterocycles. The summed E-state index contributed by atoms with van der Waals surface area (Å²) in [6, 6.07) is 1.77. The summed E-state index contributed by atoms with van der Waals surface area (Å²) in [5.74, 6) is 1.34. The summed E-state index contributed by atoms with van der Waals surface area (Å²) >= 11 is 0. The topological polar surface area (TPSA) is 56.3 Å². The van der Waals surface area contributed by atoms with E-state index in [0.717, 1.165) is 25.3 Å². The highest BCUT2D eigenvalue weighted by Gasteiger charge is 2.16. The van der Waals surface area contributed by atoms with Gasteiger partial charge in [-0.2, -0.15) is 0 Å². The average molecular weight is 209 g/mol. The third-order valence-electron chi connectivity index (χ3n) is 2.34. The Labute approximate surface area is 88.8 Å². The van der Waals surface area contributed by atoms with Crippen molar-refractivity contribution in [3.63, 3.8) is 0 Å². The van der Waals surface area contributed by atoms with Crippen molar-refractivity contribution in [3.05, 3.63) is 12.4 Å². The Hall–Kier alpha value is -1.36. The maximum atomic E-state index is 5.52. The second-order valence-corrected chi connectivity index (χ2v) is 3.44. The van der Waals surface area contributed by atoms with Crippen molar-refractivity contribution < 1.29 is 9.47 Å². The van der Waals surface area contributed by atoms with E-state index in [1.54, 1.807) is 6.07 Å². The van der Waals surface area contributed by atoms with Gasteiger partial charge in [0.25, 0.3) is 0 Å². The lowest BCUT2D eigenvalue weighted by atomic mass is 10.2. The van der Waals surface area contributed by atoms with Crippen LogP contribution in [-0.2, 0) is 4.74 Å². The van der Waals surface area contributed by atoms with Gasteiger partial charge in [-0.05, 0) is 12.8 Å². The number of anilines is 1. The summed E-state index contributed by atoms with van der Waals surface area (Å²) < 4.78 is 11.0. The Morgan fingerprint density at radius 2 is 2.53 bits per heavy atom. The molecule has 5 nitrogen and oxygen atoms in total. The first kappa shape index (κ1) is 10.2. The van der Waals surface area contributed by atoms with E-state index in [-0.39, 0.29) is 6.10 Å². The van der Waals surface area contributed by atoms with E-state index in [4.69, 9.17) is 9.47 Å². The molecule has 5 heteroatoms. The molecule has 0 bridgehead atoms. The first-order chi connectivity index (χ1) is 7.38. The number of hydrogen-bond donors (Lipinski definition) is 1. The molecule has 0 amide bonds. The molecule has 1 atom stereocenters.